The Morgan fingerprint density at radius 3 is 2.19 bits per heavy atom. The molecule has 0 aromatic heterocycles. The van der Waals surface area contributed by atoms with Crippen LogP contribution in [0.25, 0.3) is 0 Å². The Hall–Kier alpha value is -2.02. The zero-order chi connectivity index (χ0) is 22.5. The highest BCUT2D eigenvalue weighted by atomic mass is 79.9. The maximum Gasteiger partial charge on any atom is 0.262 e. The molecule has 4 nitrogen and oxygen atoms in total. The zero-order valence-electron chi connectivity index (χ0n) is 17.5. The average Bonchev–Trinajstić information content (AvgIpc) is 2.71. The summed E-state index contributed by atoms with van der Waals surface area (Å²) in [5, 5.41) is 6.83. The van der Waals surface area contributed by atoms with E-state index in [2.05, 4.69) is 74.5 Å². The number of carbonyl (C=O) groups is 1. The third-order valence-electron chi connectivity index (χ3n) is 4.86. The third-order valence-corrected chi connectivity index (χ3v) is 6.45. The largest absolute Gasteiger partial charge is 0.481 e. The molecule has 0 saturated heterocycles. The standard InChI is InChI=1S/C24H23Br2ClN2O2/c1-14-4-6-18(8-16(14)3)28-12-17-9-20(25)24(21(26)10-17)31-13-23(30)29-19-7-5-15(2)22(27)11-19/h4-11,28H,12-13H2,1-3H3,(H,29,30). The van der Waals surface area contributed by atoms with Crippen molar-refractivity contribution in [2.75, 3.05) is 17.2 Å². The van der Waals surface area contributed by atoms with Crippen LogP contribution in [0.2, 0.25) is 5.02 Å². The molecular formula is C24H23Br2ClN2O2. The van der Waals surface area contributed by atoms with Gasteiger partial charge in [-0.3, -0.25) is 4.79 Å². The van der Waals surface area contributed by atoms with Gasteiger partial charge in [-0.2, -0.15) is 0 Å². The lowest BCUT2D eigenvalue weighted by molar-refractivity contribution is -0.118. The van der Waals surface area contributed by atoms with E-state index in [0.717, 1.165) is 25.8 Å². The highest BCUT2D eigenvalue weighted by Crippen LogP contribution is 2.35. The molecule has 7 heteroatoms. The number of ether oxygens (including phenoxy) is 1. The van der Waals surface area contributed by atoms with Crippen molar-refractivity contribution in [3.05, 3.63) is 84.8 Å². The predicted octanol–water partition coefficient (Wildman–Crippen LogP) is 7.42. The highest BCUT2D eigenvalue weighted by molar-refractivity contribution is 9.11. The van der Waals surface area contributed by atoms with Gasteiger partial charge in [0, 0.05) is 22.9 Å². The number of hydrogen-bond donors (Lipinski definition) is 2. The molecule has 162 valence electrons. The summed E-state index contributed by atoms with van der Waals surface area (Å²) in [5.74, 6) is 0.311. The fourth-order valence-corrected chi connectivity index (χ4v) is 4.60. The average molecular weight is 567 g/mol. The fraction of sp³-hybridized carbons (Fsp3) is 0.208. The van der Waals surface area contributed by atoms with Gasteiger partial charge in [-0.25, -0.2) is 0 Å². The zero-order valence-corrected chi connectivity index (χ0v) is 21.4. The second kappa shape index (κ2) is 10.5. The number of benzene rings is 3. The van der Waals surface area contributed by atoms with E-state index in [1.807, 2.05) is 31.2 Å². The van der Waals surface area contributed by atoms with Crippen molar-refractivity contribution >= 4 is 60.7 Å². The lowest BCUT2D eigenvalue weighted by Crippen LogP contribution is -2.20. The molecule has 1 amide bonds. The summed E-state index contributed by atoms with van der Waals surface area (Å²) in [7, 11) is 0. The van der Waals surface area contributed by atoms with Crippen LogP contribution in [0.15, 0.2) is 57.5 Å². The SMILES string of the molecule is Cc1ccc(NCc2cc(Br)c(OCC(=O)Nc3ccc(C)c(Cl)c3)c(Br)c2)cc1C. The van der Waals surface area contributed by atoms with Crippen molar-refractivity contribution in [2.45, 2.75) is 27.3 Å². The van der Waals surface area contributed by atoms with E-state index in [1.165, 1.54) is 11.1 Å². The molecule has 0 saturated carbocycles. The molecule has 3 aromatic carbocycles. The summed E-state index contributed by atoms with van der Waals surface area (Å²) in [6.45, 7) is 6.65. The number of anilines is 2. The number of carbonyl (C=O) groups excluding carboxylic acids is 1. The van der Waals surface area contributed by atoms with E-state index in [4.69, 9.17) is 16.3 Å². The molecular weight excluding hydrogens is 544 g/mol. The molecule has 0 heterocycles. The molecule has 0 aliphatic heterocycles. The quantitative estimate of drug-likeness (QED) is 0.313. The van der Waals surface area contributed by atoms with E-state index >= 15 is 0 Å². The molecule has 31 heavy (non-hydrogen) atoms. The Morgan fingerprint density at radius 1 is 0.903 bits per heavy atom. The van der Waals surface area contributed by atoms with Gasteiger partial charge in [0.15, 0.2) is 6.61 Å². The molecule has 0 atom stereocenters. The van der Waals surface area contributed by atoms with E-state index < -0.39 is 0 Å². The number of amides is 1. The topological polar surface area (TPSA) is 50.4 Å². The van der Waals surface area contributed by atoms with Crippen molar-refractivity contribution in [1.82, 2.24) is 0 Å². The van der Waals surface area contributed by atoms with Crippen LogP contribution in [0, 0.1) is 20.8 Å². The van der Waals surface area contributed by atoms with Crippen molar-refractivity contribution in [2.24, 2.45) is 0 Å². The fourth-order valence-electron chi connectivity index (χ4n) is 2.91. The normalized spacial score (nSPS) is 10.6. The van der Waals surface area contributed by atoms with Gasteiger partial charge in [-0.1, -0.05) is 23.7 Å². The molecule has 2 N–H and O–H groups in total. The van der Waals surface area contributed by atoms with Crippen molar-refractivity contribution < 1.29 is 9.53 Å². The van der Waals surface area contributed by atoms with Gasteiger partial charge in [0.2, 0.25) is 0 Å². The minimum atomic E-state index is -0.265. The van der Waals surface area contributed by atoms with E-state index in [1.54, 1.807) is 6.07 Å². The summed E-state index contributed by atoms with van der Waals surface area (Å²) in [6, 6.07) is 15.7. The van der Waals surface area contributed by atoms with Gasteiger partial charge in [0.25, 0.3) is 5.91 Å². The van der Waals surface area contributed by atoms with Crippen LogP contribution in [0.4, 0.5) is 11.4 Å². The summed E-state index contributed by atoms with van der Waals surface area (Å²) < 4.78 is 7.28. The van der Waals surface area contributed by atoms with Crippen LogP contribution < -0.4 is 15.4 Å². The van der Waals surface area contributed by atoms with Gasteiger partial charge in [0.05, 0.1) is 8.95 Å². The molecule has 0 radical (unpaired) electrons. The van der Waals surface area contributed by atoms with Crippen LogP contribution in [-0.2, 0) is 11.3 Å². The Balaban J connectivity index is 1.59. The molecule has 0 aliphatic carbocycles. The van der Waals surface area contributed by atoms with Gasteiger partial charge >= 0.3 is 0 Å². The van der Waals surface area contributed by atoms with Gasteiger partial charge in [-0.05, 0) is 111 Å². The second-order valence-electron chi connectivity index (χ2n) is 7.34. The first kappa shape index (κ1) is 23.6. The number of aryl methyl sites for hydroxylation is 3. The maximum atomic E-state index is 12.3. The molecule has 0 unspecified atom stereocenters. The molecule has 0 aliphatic rings. The summed E-state index contributed by atoms with van der Waals surface area (Å²) >= 11 is 13.2. The van der Waals surface area contributed by atoms with Crippen LogP contribution in [0.5, 0.6) is 5.75 Å². The van der Waals surface area contributed by atoms with E-state index in [9.17, 15) is 4.79 Å². The highest BCUT2D eigenvalue weighted by Gasteiger charge is 2.12. The lowest BCUT2D eigenvalue weighted by atomic mass is 10.1. The first-order valence-corrected chi connectivity index (χ1v) is 11.7. The summed E-state index contributed by atoms with van der Waals surface area (Å²) in [4.78, 5) is 12.3. The van der Waals surface area contributed by atoms with Crippen molar-refractivity contribution in [1.29, 1.82) is 0 Å². The number of nitrogens with one attached hydrogen (secondary N) is 2. The third kappa shape index (κ3) is 6.48. The molecule has 3 rings (SSSR count). The van der Waals surface area contributed by atoms with Gasteiger partial charge in [0.1, 0.15) is 5.75 Å². The van der Waals surface area contributed by atoms with Crippen LogP contribution in [0.1, 0.15) is 22.3 Å². The van der Waals surface area contributed by atoms with Gasteiger partial charge in [-0.15, -0.1) is 0 Å². The van der Waals surface area contributed by atoms with E-state index in [-0.39, 0.29) is 12.5 Å². The molecule has 3 aromatic rings. The molecule has 0 spiro atoms. The van der Waals surface area contributed by atoms with Crippen molar-refractivity contribution in [3.63, 3.8) is 0 Å². The number of halogens is 3. The number of rotatable bonds is 7. The minimum Gasteiger partial charge on any atom is -0.481 e. The Labute approximate surface area is 204 Å². The lowest BCUT2D eigenvalue weighted by Gasteiger charge is -2.14. The van der Waals surface area contributed by atoms with E-state index in [0.29, 0.717) is 23.0 Å². The Morgan fingerprint density at radius 2 is 1.55 bits per heavy atom. The monoisotopic (exact) mass is 564 g/mol. The Bertz CT molecular complexity index is 1100. The molecule has 0 fully saturated rings. The first-order valence-electron chi connectivity index (χ1n) is 9.71. The second-order valence-corrected chi connectivity index (χ2v) is 9.46. The first-order chi connectivity index (χ1) is 14.7. The van der Waals surface area contributed by atoms with Crippen LogP contribution in [-0.4, -0.2) is 12.5 Å². The van der Waals surface area contributed by atoms with Gasteiger partial charge < -0.3 is 15.4 Å². The van der Waals surface area contributed by atoms with Crippen LogP contribution in [0.3, 0.4) is 0 Å². The summed E-state index contributed by atoms with van der Waals surface area (Å²) in [5.41, 5.74) is 6.26. The summed E-state index contributed by atoms with van der Waals surface area (Å²) in [6.07, 6.45) is 0. The maximum absolute atomic E-state index is 12.3. The Kier molecular flexibility index (Phi) is 8.03. The molecule has 0 bridgehead atoms. The minimum absolute atomic E-state index is 0.122. The van der Waals surface area contributed by atoms with Crippen LogP contribution >= 0.6 is 43.5 Å². The smallest absolute Gasteiger partial charge is 0.262 e. The van der Waals surface area contributed by atoms with Crippen molar-refractivity contribution in [3.8, 4) is 5.75 Å². The predicted molar refractivity (Wildman–Crippen MR) is 135 cm³/mol. The number of hydrogen-bond acceptors (Lipinski definition) is 3.